The van der Waals surface area contributed by atoms with E-state index in [0.717, 1.165) is 17.4 Å². The van der Waals surface area contributed by atoms with Crippen LogP contribution >= 0.6 is 11.3 Å². The van der Waals surface area contributed by atoms with Crippen molar-refractivity contribution in [1.29, 1.82) is 0 Å². The van der Waals surface area contributed by atoms with Crippen LogP contribution in [-0.2, 0) is 16.2 Å². The van der Waals surface area contributed by atoms with Crippen LogP contribution in [0.1, 0.15) is 10.6 Å². The van der Waals surface area contributed by atoms with Crippen LogP contribution in [0.15, 0.2) is 17.0 Å². The van der Waals surface area contributed by atoms with E-state index < -0.39 is 34.6 Å². The van der Waals surface area contributed by atoms with Gasteiger partial charge in [-0.1, -0.05) is 0 Å². The SMILES string of the molecule is Cc1sc(-c2cc(C(F)(F)F)[nH]n2)cc1S(=O)(=O)NCC(O)CO. The van der Waals surface area contributed by atoms with E-state index in [4.69, 9.17) is 5.11 Å². The number of aromatic nitrogens is 2. The van der Waals surface area contributed by atoms with Gasteiger partial charge in [0.1, 0.15) is 11.4 Å². The monoisotopic (exact) mass is 385 g/mol. The molecule has 4 N–H and O–H groups in total. The van der Waals surface area contributed by atoms with Crippen molar-refractivity contribution in [2.45, 2.75) is 24.1 Å². The van der Waals surface area contributed by atoms with Crippen LogP contribution in [0.5, 0.6) is 0 Å². The summed E-state index contributed by atoms with van der Waals surface area (Å²) in [5.41, 5.74) is -1.05. The minimum absolute atomic E-state index is 0.0210. The maximum atomic E-state index is 12.6. The van der Waals surface area contributed by atoms with Crippen molar-refractivity contribution in [3.8, 4) is 10.6 Å². The lowest BCUT2D eigenvalue weighted by molar-refractivity contribution is -0.141. The summed E-state index contributed by atoms with van der Waals surface area (Å²) in [5.74, 6) is 0. The number of rotatable bonds is 6. The molecule has 2 aromatic heterocycles. The van der Waals surface area contributed by atoms with Gasteiger partial charge in [0.15, 0.2) is 0 Å². The Bertz CT molecular complexity index is 814. The third-order valence-corrected chi connectivity index (χ3v) is 5.77. The zero-order chi connectivity index (χ0) is 18.1. The third kappa shape index (κ3) is 4.13. The van der Waals surface area contributed by atoms with Crippen LogP contribution < -0.4 is 4.72 Å². The van der Waals surface area contributed by atoms with Crippen molar-refractivity contribution < 1.29 is 31.8 Å². The maximum absolute atomic E-state index is 12.6. The Hall–Kier alpha value is -1.47. The van der Waals surface area contributed by atoms with Crippen LogP contribution in [0.4, 0.5) is 13.2 Å². The van der Waals surface area contributed by atoms with Crippen molar-refractivity contribution in [3.05, 3.63) is 22.7 Å². The quantitative estimate of drug-likeness (QED) is 0.594. The van der Waals surface area contributed by atoms with Gasteiger partial charge in [0.05, 0.1) is 22.5 Å². The number of alkyl halides is 3. The number of nitrogens with zero attached hydrogens (tertiary/aromatic N) is 1. The van der Waals surface area contributed by atoms with Crippen LogP contribution in [0.25, 0.3) is 10.6 Å². The lowest BCUT2D eigenvalue weighted by Gasteiger charge is -2.09. The number of nitrogens with one attached hydrogen (secondary N) is 2. The molecule has 12 heteroatoms. The molecule has 2 rings (SSSR count). The zero-order valence-corrected chi connectivity index (χ0v) is 13.9. The molecule has 0 radical (unpaired) electrons. The van der Waals surface area contributed by atoms with Crippen molar-refractivity contribution in [2.75, 3.05) is 13.2 Å². The fraction of sp³-hybridized carbons (Fsp3) is 0.417. The van der Waals surface area contributed by atoms with E-state index in [0.29, 0.717) is 4.88 Å². The van der Waals surface area contributed by atoms with E-state index in [1.54, 1.807) is 0 Å². The molecule has 0 aliphatic rings. The first-order valence-corrected chi connectivity index (χ1v) is 8.86. The zero-order valence-electron chi connectivity index (χ0n) is 12.3. The lowest BCUT2D eigenvalue weighted by atomic mass is 10.3. The van der Waals surface area contributed by atoms with Gasteiger partial charge in [-0.2, -0.15) is 18.3 Å². The molecule has 0 aromatic carbocycles. The Balaban J connectivity index is 2.28. The molecule has 1 atom stereocenters. The van der Waals surface area contributed by atoms with Gasteiger partial charge < -0.3 is 10.2 Å². The summed E-state index contributed by atoms with van der Waals surface area (Å²) in [4.78, 5) is 0.485. The van der Waals surface area contributed by atoms with Gasteiger partial charge in [0.25, 0.3) is 0 Å². The molecule has 7 nitrogen and oxygen atoms in total. The first kappa shape index (κ1) is 18.9. The number of thiophene rings is 1. The molecule has 24 heavy (non-hydrogen) atoms. The molecule has 134 valence electrons. The molecule has 0 fully saturated rings. The number of hydrogen-bond donors (Lipinski definition) is 4. The Kier molecular flexibility index (Phi) is 5.34. The normalized spacial score (nSPS) is 14.1. The van der Waals surface area contributed by atoms with Gasteiger partial charge >= 0.3 is 6.18 Å². The van der Waals surface area contributed by atoms with Crippen LogP contribution in [0.2, 0.25) is 0 Å². The summed E-state index contributed by atoms with van der Waals surface area (Å²) in [6.07, 6.45) is -5.83. The molecule has 0 spiro atoms. The highest BCUT2D eigenvalue weighted by atomic mass is 32.2. The summed E-state index contributed by atoms with van der Waals surface area (Å²) in [5, 5.41) is 23.3. The number of aliphatic hydroxyl groups is 2. The van der Waals surface area contributed by atoms with Crippen molar-refractivity contribution in [3.63, 3.8) is 0 Å². The molecule has 2 aromatic rings. The van der Waals surface area contributed by atoms with E-state index in [9.17, 15) is 26.7 Å². The van der Waals surface area contributed by atoms with Gasteiger partial charge in [-0.05, 0) is 19.1 Å². The van der Waals surface area contributed by atoms with Gasteiger partial charge in [-0.15, -0.1) is 11.3 Å². The molecular weight excluding hydrogens is 371 g/mol. The predicted molar refractivity (Wildman–Crippen MR) is 79.9 cm³/mol. The highest BCUT2D eigenvalue weighted by Gasteiger charge is 2.33. The molecule has 1 unspecified atom stereocenters. The molecule has 2 heterocycles. The van der Waals surface area contributed by atoms with Crippen LogP contribution in [-0.4, -0.2) is 48.1 Å². The number of halogens is 3. The number of aryl methyl sites for hydroxylation is 1. The molecule has 0 saturated carbocycles. The highest BCUT2D eigenvalue weighted by molar-refractivity contribution is 7.89. The maximum Gasteiger partial charge on any atom is 0.432 e. The second-order valence-corrected chi connectivity index (χ2v) is 7.88. The van der Waals surface area contributed by atoms with Crippen molar-refractivity contribution in [2.24, 2.45) is 0 Å². The largest absolute Gasteiger partial charge is 0.432 e. The van der Waals surface area contributed by atoms with E-state index in [2.05, 4.69) is 9.82 Å². The second kappa shape index (κ2) is 6.80. The minimum Gasteiger partial charge on any atom is -0.394 e. The van der Waals surface area contributed by atoms with Crippen molar-refractivity contribution in [1.82, 2.24) is 14.9 Å². The molecule has 0 aliphatic carbocycles. The van der Waals surface area contributed by atoms with Gasteiger partial charge in [0, 0.05) is 11.4 Å². The van der Waals surface area contributed by atoms with E-state index in [1.165, 1.54) is 13.0 Å². The summed E-state index contributed by atoms with van der Waals surface area (Å²) in [7, 11) is -3.98. The minimum atomic E-state index is -4.57. The molecule has 0 saturated heterocycles. The van der Waals surface area contributed by atoms with Crippen LogP contribution in [0, 0.1) is 6.92 Å². The molecule has 0 bridgehead atoms. The highest BCUT2D eigenvalue weighted by Crippen LogP contribution is 2.35. The summed E-state index contributed by atoms with van der Waals surface area (Å²) >= 11 is 0.977. The van der Waals surface area contributed by atoms with Gasteiger partial charge in [-0.25, -0.2) is 13.1 Å². The number of sulfonamides is 1. The summed E-state index contributed by atoms with van der Waals surface area (Å²) < 4.78 is 64.2. The fourth-order valence-electron chi connectivity index (χ4n) is 1.80. The Morgan fingerprint density at radius 1 is 1.42 bits per heavy atom. The number of H-pyrrole nitrogens is 1. The topological polar surface area (TPSA) is 115 Å². The van der Waals surface area contributed by atoms with Gasteiger partial charge in [0.2, 0.25) is 10.0 Å². The molecule has 0 amide bonds. The fourth-order valence-corrected chi connectivity index (χ4v) is 4.42. The summed E-state index contributed by atoms with van der Waals surface area (Å²) in [6, 6.07) is 2.01. The number of aromatic amines is 1. The molecule has 0 aliphatic heterocycles. The third-order valence-electron chi connectivity index (χ3n) is 3.02. The average Bonchev–Trinajstić information content (AvgIpc) is 3.10. The van der Waals surface area contributed by atoms with Crippen LogP contribution in [0.3, 0.4) is 0 Å². The van der Waals surface area contributed by atoms with E-state index in [-0.39, 0.29) is 22.0 Å². The Morgan fingerprint density at radius 2 is 2.08 bits per heavy atom. The number of hydrogen-bond acceptors (Lipinski definition) is 6. The predicted octanol–water partition coefficient (Wildman–Crippen LogP) is 1.10. The Morgan fingerprint density at radius 3 is 2.62 bits per heavy atom. The summed E-state index contributed by atoms with van der Waals surface area (Å²) in [6.45, 7) is 0.510. The van der Waals surface area contributed by atoms with E-state index in [1.807, 2.05) is 5.10 Å². The van der Waals surface area contributed by atoms with E-state index >= 15 is 0 Å². The number of aliphatic hydroxyl groups excluding tert-OH is 2. The standard InChI is InChI=1S/C12H14F3N3O4S2/c1-6-10(24(21,22)16-4-7(20)5-19)3-9(23-6)8-2-11(18-17-8)12(13,14)15/h2-3,7,16,19-20H,4-5H2,1H3,(H,17,18). The first-order chi connectivity index (χ1) is 11.0. The molecular formula is C12H14F3N3O4S2. The lowest BCUT2D eigenvalue weighted by Crippen LogP contribution is -2.33. The first-order valence-electron chi connectivity index (χ1n) is 6.56. The second-order valence-electron chi connectivity index (χ2n) is 4.88. The van der Waals surface area contributed by atoms with Crippen molar-refractivity contribution >= 4 is 21.4 Å². The van der Waals surface area contributed by atoms with Gasteiger partial charge in [-0.3, -0.25) is 5.10 Å². The average molecular weight is 385 g/mol. The smallest absolute Gasteiger partial charge is 0.394 e. The Labute approximate surface area is 139 Å².